The fraction of sp³-hybridized carbons (Fsp3) is 0.893. The monoisotopic (exact) mass is 502 g/mol. The van der Waals surface area contributed by atoms with Gasteiger partial charge in [-0.2, -0.15) is 0 Å². The summed E-state index contributed by atoms with van der Waals surface area (Å²) >= 11 is -3.91. The van der Waals surface area contributed by atoms with Gasteiger partial charge in [0.1, 0.15) is 0 Å². The third-order valence-electron chi connectivity index (χ3n) is 7.42. The van der Waals surface area contributed by atoms with Gasteiger partial charge in [-0.05, 0) is 5.92 Å². The standard InChI is InChI=1S/C28H54O2.H2O.O.Ti/c1-23(2)21-19-17-15-13-11-9-8-10-12-14-16-18-20-22-28(24(3)4,25(5)6)26(7)27(29)30;;;/h23-25H,7-22H2,1-6H3,(H,29,30);1H2;;/q;;;+2/p-2. The Morgan fingerprint density at radius 1 is 0.758 bits per heavy atom. The predicted molar refractivity (Wildman–Crippen MR) is 134 cm³/mol. The normalized spacial score (nSPS) is 12.1. The van der Waals surface area contributed by atoms with E-state index in [0.29, 0.717) is 5.57 Å². The molecule has 0 atom stereocenters. The Bertz CT molecular complexity index is 546. The Kier molecular flexibility index (Phi) is 18.8. The average molecular weight is 503 g/mol. The van der Waals surface area contributed by atoms with E-state index in [9.17, 15) is 8.12 Å². The number of carbonyl (C=O) groups excluding carboxylic acids is 1. The van der Waals surface area contributed by atoms with Crippen LogP contribution < -0.4 is 0 Å². The van der Waals surface area contributed by atoms with Crippen molar-refractivity contribution in [2.45, 2.75) is 138 Å². The molecular formula is C28H54O4Ti. The van der Waals surface area contributed by atoms with Crippen molar-refractivity contribution >= 4 is 5.97 Å². The van der Waals surface area contributed by atoms with Crippen LogP contribution >= 0.6 is 0 Å². The second-order valence-electron chi connectivity index (χ2n) is 11.0. The van der Waals surface area contributed by atoms with E-state index >= 15 is 0 Å². The summed E-state index contributed by atoms with van der Waals surface area (Å²) in [5, 5.41) is 0. The maximum atomic E-state index is 12.3. The van der Waals surface area contributed by atoms with Crippen LogP contribution in [-0.2, 0) is 30.1 Å². The van der Waals surface area contributed by atoms with Crippen LogP contribution in [0.3, 0.4) is 0 Å². The van der Waals surface area contributed by atoms with E-state index in [1.165, 1.54) is 77.0 Å². The Morgan fingerprint density at radius 2 is 1.12 bits per heavy atom. The van der Waals surface area contributed by atoms with Crippen molar-refractivity contribution in [3.05, 3.63) is 12.2 Å². The molecule has 5 heteroatoms. The fourth-order valence-electron chi connectivity index (χ4n) is 5.34. The SMILES string of the molecule is C=C(C(=O)[O][Ti](=[O])[OH])C(CCCCCCCCCCCCCCCC(C)C)(C(C)C)C(C)C. The zero-order valence-corrected chi connectivity index (χ0v) is 24.3. The van der Waals surface area contributed by atoms with Crippen LogP contribution in [0, 0.1) is 23.2 Å². The quantitative estimate of drug-likeness (QED) is 0.0969. The number of unbranched alkanes of at least 4 members (excludes halogenated alkanes) is 12. The molecule has 1 N–H and O–H groups in total. The molecule has 0 bridgehead atoms. The Labute approximate surface area is 212 Å². The van der Waals surface area contributed by atoms with Crippen molar-refractivity contribution in [3.63, 3.8) is 0 Å². The Hall–Kier alpha value is -0.316. The zero-order chi connectivity index (χ0) is 25.3. The number of hydrogen-bond acceptors (Lipinski definition) is 3. The molecule has 0 aromatic carbocycles. The minimum atomic E-state index is -3.91. The van der Waals surface area contributed by atoms with E-state index in [-0.39, 0.29) is 17.3 Å². The van der Waals surface area contributed by atoms with Gasteiger partial charge in [0, 0.05) is 0 Å². The van der Waals surface area contributed by atoms with Gasteiger partial charge in [-0.1, -0.05) is 58.8 Å². The van der Waals surface area contributed by atoms with Gasteiger partial charge in [0.05, 0.1) is 0 Å². The summed E-state index contributed by atoms with van der Waals surface area (Å²) < 4.78 is 24.8. The molecule has 0 heterocycles. The summed E-state index contributed by atoms with van der Waals surface area (Å²) in [7, 11) is 0. The molecule has 0 saturated carbocycles. The molecule has 0 aromatic rings. The van der Waals surface area contributed by atoms with Crippen molar-refractivity contribution in [2.75, 3.05) is 0 Å². The predicted octanol–water partition coefficient (Wildman–Crippen LogP) is 8.68. The van der Waals surface area contributed by atoms with E-state index in [1.807, 2.05) is 0 Å². The molecule has 0 fully saturated rings. The summed E-state index contributed by atoms with van der Waals surface area (Å²) in [6.07, 6.45) is 19.4. The molecular weight excluding hydrogens is 448 g/mol. The number of hydrogen-bond donors (Lipinski definition) is 1. The molecule has 0 aliphatic carbocycles. The second-order valence-corrected chi connectivity index (χ2v) is 12.2. The minimum absolute atomic E-state index is 0.210. The van der Waals surface area contributed by atoms with Gasteiger partial charge in [-0.15, -0.1) is 0 Å². The molecule has 0 aliphatic rings. The van der Waals surface area contributed by atoms with Gasteiger partial charge in [0.15, 0.2) is 0 Å². The summed E-state index contributed by atoms with van der Waals surface area (Å²) in [5.74, 6) is 0.575. The summed E-state index contributed by atoms with van der Waals surface area (Å²) in [4.78, 5) is 12.3. The summed E-state index contributed by atoms with van der Waals surface area (Å²) in [5.41, 5.74) is -0.0260. The Morgan fingerprint density at radius 3 is 1.45 bits per heavy atom. The van der Waals surface area contributed by atoms with Crippen molar-refractivity contribution in [2.24, 2.45) is 23.2 Å². The molecule has 0 saturated heterocycles. The third kappa shape index (κ3) is 14.0. The van der Waals surface area contributed by atoms with Gasteiger partial charge >= 0.3 is 148 Å². The van der Waals surface area contributed by atoms with Gasteiger partial charge in [-0.25, -0.2) is 0 Å². The third-order valence-corrected chi connectivity index (χ3v) is 7.98. The van der Waals surface area contributed by atoms with Crippen LogP contribution in [0.4, 0.5) is 0 Å². The van der Waals surface area contributed by atoms with E-state index in [1.54, 1.807) is 0 Å². The van der Waals surface area contributed by atoms with Crippen LogP contribution in [-0.4, -0.2) is 9.66 Å². The van der Waals surface area contributed by atoms with Gasteiger partial charge < -0.3 is 0 Å². The molecule has 194 valence electrons. The first-order chi connectivity index (χ1) is 15.6. The first kappa shape index (κ1) is 32.7. The van der Waals surface area contributed by atoms with Crippen molar-refractivity contribution in [1.82, 2.24) is 0 Å². The topological polar surface area (TPSA) is 63.6 Å². The van der Waals surface area contributed by atoms with Crippen molar-refractivity contribution < 1.29 is 33.7 Å². The van der Waals surface area contributed by atoms with Crippen molar-refractivity contribution in [3.8, 4) is 0 Å². The van der Waals surface area contributed by atoms with Crippen LogP contribution in [0.1, 0.15) is 138 Å². The van der Waals surface area contributed by atoms with Crippen LogP contribution in [0.5, 0.6) is 0 Å². The van der Waals surface area contributed by atoms with Crippen LogP contribution in [0.15, 0.2) is 12.2 Å². The van der Waals surface area contributed by atoms with Crippen LogP contribution in [0.25, 0.3) is 0 Å². The average Bonchev–Trinajstić information content (AvgIpc) is 2.71. The maximum absolute atomic E-state index is 12.3. The molecule has 0 unspecified atom stereocenters. The van der Waals surface area contributed by atoms with E-state index in [2.05, 4.69) is 51.4 Å². The molecule has 4 nitrogen and oxygen atoms in total. The molecule has 0 aliphatic heterocycles. The molecule has 0 aromatic heterocycles. The van der Waals surface area contributed by atoms with Gasteiger partial charge in [0.2, 0.25) is 0 Å². The number of rotatable bonds is 21. The van der Waals surface area contributed by atoms with E-state index < -0.39 is 24.6 Å². The molecule has 0 amide bonds. The van der Waals surface area contributed by atoms with E-state index in [0.717, 1.165) is 25.2 Å². The number of carbonyl (C=O) groups is 1. The Balaban J connectivity index is 4.07. The van der Waals surface area contributed by atoms with E-state index in [4.69, 9.17) is 3.69 Å². The summed E-state index contributed by atoms with van der Waals surface area (Å²) in [6, 6.07) is 0. The van der Waals surface area contributed by atoms with Crippen molar-refractivity contribution in [1.29, 1.82) is 0 Å². The van der Waals surface area contributed by atoms with Crippen LogP contribution in [0.2, 0.25) is 0 Å². The molecule has 33 heavy (non-hydrogen) atoms. The zero-order valence-electron chi connectivity index (χ0n) is 22.7. The molecule has 0 spiro atoms. The first-order valence-corrected chi connectivity index (χ1v) is 15.7. The van der Waals surface area contributed by atoms with Gasteiger partial charge in [0.25, 0.3) is 0 Å². The summed E-state index contributed by atoms with van der Waals surface area (Å²) in [6.45, 7) is 17.1. The first-order valence-electron chi connectivity index (χ1n) is 13.7. The second kappa shape index (κ2) is 18.9. The molecule has 0 radical (unpaired) electrons. The molecule has 0 rings (SSSR count). The van der Waals surface area contributed by atoms with Gasteiger partial charge in [-0.3, -0.25) is 0 Å². The fourth-order valence-corrected chi connectivity index (χ4v) is 5.78.